The number of anilines is 1. The van der Waals surface area contributed by atoms with Crippen LogP contribution in [0.3, 0.4) is 0 Å². The van der Waals surface area contributed by atoms with Crippen LogP contribution >= 0.6 is 0 Å². The minimum absolute atomic E-state index is 0.531. The quantitative estimate of drug-likeness (QED) is 0.739. The Labute approximate surface area is 82.6 Å². The first-order valence-electron chi connectivity index (χ1n) is 4.40. The predicted octanol–water partition coefficient (Wildman–Crippen LogP) is 2.03. The first-order valence-corrected chi connectivity index (χ1v) is 4.40. The van der Waals surface area contributed by atoms with Gasteiger partial charge in [0.1, 0.15) is 5.82 Å². The average Bonchev–Trinajstić information content (AvgIpc) is 2.18. The zero-order valence-corrected chi connectivity index (χ0v) is 7.94. The van der Waals surface area contributed by atoms with Crippen LogP contribution in [0.1, 0.15) is 5.56 Å². The van der Waals surface area contributed by atoms with Crippen molar-refractivity contribution in [1.29, 1.82) is 0 Å². The molecule has 2 aromatic heterocycles. The summed E-state index contributed by atoms with van der Waals surface area (Å²) in [5.74, 6) is 0.531. The van der Waals surface area contributed by atoms with Crippen molar-refractivity contribution in [2.45, 2.75) is 6.92 Å². The number of aromatic nitrogens is 2. The number of aryl methyl sites for hydroxylation is 1. The van der Waals surface area contributed by atoms with Crippen LogP contribution in [-0.4, -0.2) is 9.97 Å². The van der Waals surface area contributed by atoms with E-state index in [0.29, 0.717) is 5.82 Å². The first kappa shape index (κ1) is 8.69. The van der Waals surface area contributed by atoms with Crippen molar-refractivity contribution in [2.24, 2.45) is 0 Å². The highest BCUT2D eigenvalue weighted by atomic mass is 14.8. The molecule has 0 radical (unpaired) electrons. The molecule has 3 nitrogen and oxygen atoms in total. The summed E-state index contributed by atoms with van der Waals surface area (Å²) in [4.78, 5) is 8.33. The lowest BCUT2D eigenvalue weighted by Crippen LogP contribution is -1.92. The Hall–Kier alpha value is -1.90. The summed E-state index contributed by atoms with van der Waals surface area (Å²) in [5.41, 5.74) is 8.58. The molecule has 0 saturated carbocycles. The SMILES string of the molecule is Cc1cncc(-c2cccc(N)n2)c1. The monoisotopic (exact) mass is 185 g/mol. The molecule has 0 spiro atoms. The Morgan fingerprint density at radius 1 is 1.21 bits per heavy atom. The number of hydrogen-bond donors (Lipinski definition) is 1. The lowest BCUT2D eigenvalue weighted by atomic mass is 10.1. The van der Waals surface area contributed by atoms with Gasteiger partial charge in [0, 0.05) is 18.0 Å². The summed E-state index contributed by atoms with van der Waals surface area (Å²) in [5, 5.41) is 0. The van der Waals surface area contributed by atoms with Gasteiger partial charge in [-0.2, -0.15) is 0 Å². The molecule has 0 atom stereocenters. The average molecular weight is 185 g/mol. The van der Waals surface area contributed by atoms with Gasteiger partial charge in [0.25, 0.3) is 0 Å². The van der Waals surface area contributed by atoms with E-state index in [1.54, 1.807) is 12.3 Å². The van der Waals surface area contributed by atoms with Crippen LogP contribution in [0.15, 0.2) is 36.7 Å². The van der Waals surface area contributed by atoms with Crippen molar-refractivity contribution in [3.05, 3.63) is 42.2 Å². The maximum atomic E-state index is 5.60. The molecule has 0 aliphatic rings. The highest BCUT2D eigenvalue weighted by molar-refractivity contribution is 5.60. The Bertz CT molecular complexity index is 408. The van der Waals surface area contributed by atoms with E-state index in [-0.39, 0.29) is 0 Å². The Morgan fingerprint density at radius 3 is 2.79 bits per heavy atom. The number of pyridine rings is 2. The summed E-state index contributed by atoms with van der Waals surface area (Å²) < 4.78 is 0. The number of nitrogen functional groups attached to an aromatic ring is 1. The third-order valence-corrected chi connectivity index (χ3v) is 1.94. The van der Waals surface area contributed by atoms with Crippen LogP contribution in [0.2, 0.25) is 0 Å². The normalized spacial score (nSPS) is 10.1. The van der Waals surface area contributed by atoms with Gasteiger partial charge in [-0.05, 0) is 30.7 Å². The fourth-order valence-electron chi connectivity index (χ4n) is 1.31. The highest BCUT2D eigenvalue weighted by Gasteiger charge is 1.99. The minimum Gasteiger partial charge on any atom is -0.384 e. The number of nitrogens with two attached hydrogens (primary N) is 1. The van der Waals surface area contributed by atoms with Gasteiger partial charge in [-0.1, -0.05) is 6.07 Å². The zero-order valence-electron chi connectivity index (χ0n) is 7.94. The van der Waals surface area contributed by atoms with Crippen LogP contribution in [0.5, 0.6) is 0 Å². The van der Waals surface area contributed by atoms with Gasteiger partial charge in [-0.3, -0.25) is 4.98 Å². The van der Waals surface area contributed by atoms with Crippen molar-refractivity contribution < 1.29 is 0 Å². The number of hydrogen-bond acceptors (Lipinski definition) is 3. The molecule has 0 unspecified atom stereocenters. The molecule has 0 saturated heterocycles. The summed E-state index contributed by atoms with van der Waals surface area (Å²) >= 11 is 0. The molecule has 0 aliphatic carbocycles. The fourth-order valence-corrected chi connectivity index (χ4v) is 1.31. The van der Waals surface area contributed by atoms with E-state index in [4.69, 9.17) is 5.73 Å². The smallest absolute Gasteiger partial charge is 0.124 e. The molecule has 0 amide bonds. The van der Waals surface area contributed by atoms with E-state index >= 15 is 0 Å². The lowest BCUT2D eigenvalue weighted by molar-refractivity contribution is 1.24. The fraction of sp³-hybridized carbons (Fsp3) is 0.0909. The second kappa shape index (κ2) is 3.46. The van der Waals surface area contributed by atoms with E-state index in [0.717, 1.165) is 16.8 Å². The summed E-state index contributed by atoms with van der Waals surface area (Å²) in [6.07, 6.45) is 3.60. The summed E-state index contributed by atoms with van der Waals surface area (Å²) in [7, 11) is 0. The third kappa shape index (κ3) is 1.71. The van der Waals surface area contributed by atoms with Crippen LogP contribution in [0.4, 0.5) is 5.82 Å². The Kier molecular flexibility index (Phi) is 2.14. The van der Waals surface area contributed by atoms with E-state index in [9.17, 15) is 0 Å². The molecule has 0 aromatic carbocycles. The molecule has 0 bridgehead atoms. The van der Waals surface area contributed by atoms with E-state index in [1.165, 1.54) is 0 Å². The van der Waals surface area contributed by atoms with Gasteiger partial charge in [-0.25, -0.2) is 4.98 Å². The molecule has 2 N–H and O–H groups in total. The Morgan fingerprint density at radius 2 is 2.07 bits per heavy atom. The van der Waals surface area contributed by atoms with Crippen LogP contribution in [0, 0.1) is 6.92 Å². The Balaban J connectivity index is 2.49. The van der Waals surface area contributed by atoms with Crippen molar-refractivity contribution in [1.82, 2.24) is 9.97 Å². The standard InChI is InChI=1S/C11H11N3/c1-8-5-9(7-13-6-8)10-3-2-4-11(12)14-10/h2-7H,1H3,(H2,12,14). The van der Waals surface area contributed by atoms with Gasteiger partial charge >= 0.3 is 0 Å². The number of rotatable bonds is 1. The predicted molar refractivity (Wildman–Crippen MR) is 56.6 cm³/mol. The topological polar surface area (TPSA) is 51.8 Å². The second-order valence-corrected chi connectivity index (χ2v) is 3.20. The van der Waals surface area contributed by atoms with E-state index in [1.807, 2.05) is 31.3 Å². The summed E-state index contributed by atoms with van der Waals surface area (Å²) in [6.45, 7) is 2.00. The number of nitrogens with zero attached hydrogens (tertiary/aromatic N) is 2. The molecular weight excluding hydrogens is 174 g/mol. The van der Waals surface area contributed by atoms with Crippen molar-refractivity contribution in [2.75, 3.05) is 5.73 Å². The van der Waals surface area contributed by atoms with E-state index in [2.05, 4.69) is 9.97 Å². The van der Waals surface area contributed by atoms with Crippen LogP contribution < -0.4 is 5.73 Å². The molecule has 0 aliphatic heterocycles. The largest absolute Gasteiger partial charge is 0.384 e. The maximum absolute atomic E-state index is 5.60. The van der Waals surface area contributed by atoms with Gasteiger partial charge < -0.3 is 5.73 Å². The molecule has 2 rings (SSSR count). The maximum Gasteiger partial charge on any atom is 0.124 e. The molecule has 3 heteroatoms. The van der Waals surface area contributed by atoms with Crippen molar-refractivity contribution >= 4 is 5.82 Å². The molecule has 70 valence electrons. The van der Waals surface area contributed by atoms with Crippen LogP contribution in [0.25, 0.3) is 11.3 Å². The highest BCUT2D eigenvalue weighted by Crippen LogP contribution is 2.17. The van der Waals surface area contributed by atoms with Gasteiger partial charge in [-0.15, -0.1) is 0 Å². The second-order valence-electron chi connectivity index (χ2n) is 3.20. The molecule has 0 fully saturated rings. The minimum atomic E-state index is 0.531. The zero-order chi connectivity index (χ0) is 9.97. The first-order chi connectivity index (χ1) is 6.75. The van der Waals surface area contributed by atoms with E-state index < -0.39 is 0 Å². The molecule has 2 heterocycles. The molecular formula is C11H11N3. The van der Waals surface area contributed by atoms with Crippen molar-refractivity contribution in [3.8, 4) is 11.3 Å². The third-order valence-electron chi connectivity index (χ3n) is 1.94. The molecule has 14 heavy (non-hydrogen) atoms. The lowest BCUT2D eigenvalue weighted by Gasteiger charge is -2.01. The molecule has 2 aromatic rings. The van der Waals surface area contributed by atoms with Crippen molar-refractivity contribution in [3.63, 3.8) is 0 Å². The summed E-state index contributed by atoms with van der Waals surface area (Å²) in [6, 6.07) is 7.62. The van der Waals surface area contributed by atoms with Crippen LogP contribution in [-0.2, 0) is 0 Å². The van der Waals surface area contributed by atoms with Gasteiger partial charge in [0.2, 0.25) is 0 Å². The van der Waals surface area contributed by atoms with Gasteiger partial charge in [0.05, 0.1) is 5.69 Å². The van der Waals surface area contributed by atoms with Gasteiger partial charge in [0.15, 0.2) is 0 Å².